The van der Waals surface area contributed by atoms with Gasteiger partial charge in [-0.1, -0.05) is 24.8 Å². The van der Waals surface area contributed by atoms with Crippen molar-refractivity contribution < 1.29 is 13.2 Å². The summed E-state index contributed by atoms with van der Waals surface area (Å²) in [6, 6.07) is 7.67. The molecule has 0 fully saturated rings. The van der Waals surface area contributed by atoms with Crippen LogP contribution in [0.5, 0.6) is 5.75 Å². The first-order valence-electron chi connectivity index (χ1n) is 5.72. The van der Waals surface area contributed by atoms with Crippen molar-refractivity contribution in [1.29, 1.82) is 0 Å². The normalized spacial score (nSPS) is 11.2. The average Bonchev–Trinajstić information content (AvgIpc) is 2.32. The summed E-state index contributed by atoms with van der Waals surface area (Å²) < 4.78 is 27.2. The average molecular weight is 269 g/mol. The van der Waals surface area contributed by atoms with E-state index in [0.717, 1.165) is 11.3 Å². The largest absolute Gasteiger partial charge is 0.490 e. The van der Waals surface area contributed by atoms with Gasteiger partial charge in [0.25, 0.3) is 0 Å². The molecule has 0 radical (unpaired) electrons. The Kier molecular flexibility index (Phi) is 5.88. The highest BCUT2D eigenvalue weighted by Crippen LogP contribution is 2.11. The fourth-order valence-corrected chi connectivity index (χ4v) is 1.86. The minimum Gasteiger partial charge on any atom is -0.490 e. The Morgan fingerprint density at radius 1 is 1.33 bits per heavy atom. The van der Waals surface area contributed by atoms with Crippen molar-refractivity contribution in [2.24, 2.45) is 0 Å². The van der Waals surface area contributed by atoms with Gasteiger partial charge in [-0.2, -0.15) is 0 Å². The first kappa shape index (κ1) is 14.7. The second kappa shape index (κ2) is 7.18. The van der Waals surface area contributed by atoms with Crippen LogP contribution in [0, 0.1) is 0 Å². The number of rotatable bonds is 8. The standard InChI is InChI=1S/C13H19NO3S/c1-3-9-17-13-6-4-12(5-7-13)11-14-8-10-18(2,15)16/h3-7,14H,1,8-11H2,2H3. The van der Waals surface area contributed by atoms with Crippen LogP contribution >= 0.6 is 0 Å². The van der Waals surface area contributed by atoms with Crippen LogP contribution < -0.4 is 10.1 Å². The summed E-state index contributed by atoms with van der Waals surface area (Å²) in [5.41, 5.74) is 1.09. The lowest BCUT2D eigenvalue weighted by Crippen LogP contribution is -2.21. The summed E-state index contributed by atoms with van der Waals surface area (Å²) in [4.78, 5) is 0. The van der Waals surface area contributed by atoms with Crippen LogP contribution in [0.1, 0.15) is 5.56 Å². The van der Waals surface area contributed by atoms with E-state index in [1.807, 2.05) is 24.3 Å². The third-order valence-corrected chi connectivity index (χ3v) is 3.22. The van der Waals surface area contributed by atoms with Crippen LogP contribution in [0.25, 0.3) is 0 Å². The third-order valence-electron chi connectivity index (χ3n) is 2.27. The Balaban J connectivity index is 2.33. The summed E-state index contributed by atoms with van der Waals surface area (Å²) in [6.07, 6.45) is 2.93. The lowest BCUT2D eigenvalue weighted by Gasteiger charge is -2.06. The molecule has 1 aromatic carbocycles. The Morgan fingerprint density at radius 3 is 2.56 bits per heavy atom. The van der Waals surface area contributed by atoms with Crippen LogP contribution in [-0.2, 0) is 16.4 Å². The first-order chi connectivity index (χ1) is 8.51. The molecule has 0 aromatic heterocycles. The van der Waals surface area contributed by atoms with Crippen LogP contribution in [-0.4, -0.2) is 33.6 Å². The molecule has 0 spiro atoms. The molecule has 0 aliphatic heterocycles. The zero-order valence-corrected chi connectivity index (χ0v) is 11.4. The second-order valence-corrected chi connectivity index (χ2v) is 6.31. The number of benzene rings is 1. The van der Waals surface area contributed by atoms with Gasteiger partial charge < -0.3 is 10.1 Å². The van der Waals surface area contributed by atoms with Gasteiger partial charge in [0.2, 0.25) is 0 Å². The van der Waals surface area contributed by atoms with Gasteiger partial charge in [-0.05, 0) is 17.7 Å². The van der Waals surface area contributed by atoms with E-state index in [9.17, 15) is 8.42 Å². The Hall–Kier alpha value is -1.33. The quantitative estimate of drug-likeness (QED) is 0.572. The van der Waals surface area contributed by atoms with Crippen LogP contribution in [0.4, 0.5) is 0 Å². The van der Waals surface area contributed by atoms with Crippen molar-refractivity contribution in [3.8, 4) is 5.75 Å². The number of nitrogens with one attached hydrogen (secondary N) is 1. The SMILES string of the molecule is C=CCOc1ccc(CNCCS(C)(=O)=O)cc1. The van der Waals surface area contributed by atoms with Crippen molar-refractivity contribution in [3.05, 3.63) is 42.5 Å². The van der Waals surface area contributed by atoms with Gasteiger partial charge in [0, 0.05) is 19.3 Å². The Morgan fingerprint density at radius 2 is 2.00 bits per heavy atom. The van der Waals surface area contributed by atoms with Crippen molar-refractivity contribution in [1.82, 2.24) is 5.32 Å². The van der Waals surface area contributed by atoms with Gasteiger partial charge in [0.1, 0.15) is 22.2 Å². The number of hydrogen-bond acceptors (Lipinski definition) is 4. The summed E-state index contributed by atoms with van der Waals surface area (Å²) in [7, 11) is -2.89. The van der Waals surface area contributed by atoms with Gasteiger partial charge in [-0.25, -0.2) is 8.42 Å². The molecule has 0 bridgehead atoms. The van der Waals surface area contributed by atoms with Crippen LogP contribution in [0.2, 0.25) is 0 Å². The van der Waals surface area contributed by atoms with Crippen molar-refractivity contribution in [2.75, 3.05) is 25.2 Å². The predicted molar refractivity (Wildman–Crippen MR) is 73.6 cm³/mol. The van der Waals surface area contributed by atoms with Crippen LogP contribution in [0.15, 0.2) is 36.9 Å². The molecule has 0 saturated carbocycles. The fourth-order valence-electron chi connectivity index (χ4n) is 1.35. The molecule has 100 valence electrons. The maximum Gasteiger partial charge on any atom is 0.148 e. The van der Waals surface area contributed by atoms with E-state index in [4.69, 9.17) is 4.74 Å². The number of ether oxygens (including phenoxy) is 1. The van der Waals surface area contributed by atoms with Gasteiger partial charge in [0.15, 0.2) is 0 Å². The topological polar surface area (TPSA) is 55.4 Å². The van der Waals surface area contributed by atoms with E-state index in [1.165, 1.54) is 6.26 Å². The molecule has 0 amide bonds. The predicted octanol–water partition coefficient (Wildman–Crippen LogP) is 1.39. The van der Waals surface area contributed by atoms with E-state index in [0.29, 0.717) is 19.7 Å². The van der Waals surface area contributed by atoms with Crippen molar-refractivity contribution >= 4 is 9.84 Å². The molecule has 0 aliphatic carbocycles. The maximum atomic E-state index is 10.9. The molecular weight excluding hydrogens is 250 g/mol. The molecule has 1 rings (SSSR count). The molecule has 18 heavy (non-hydrogen) atoms. The zero-order chi connectivity index (χ0) is 13.4. The minimum absolute atomic E-state index is 0.160. The molecule has 1 aromatic rings. The van der Waals surface area contributed by atoms with E-state index >= 15 is 0 Å². The third kappa shape index (κ3) is 6.42. The van der Waals surface area contributed by atoms with Gasteiger partial charge in [-0.15, -0.1) is 0 Å². The van der Waals surface area contributed by atoms with E-state index in [-0.39, 0.29) is 5.75 Å². The van der Waals surface area contributed by atoms with Gasteiger partial charge in [0.05, 0.1) is 5.75 Å². The molecule has 0 heterocycles. The van der Waals surface area contributed by atoms with Crippen molar-refractivity contribution in [3.63, 3.8) is 0 Å². The Bertz CT molecular complexity index is 466. The second-order valence-electron chi connectivity index (χ2n) is 4.05. The summed E-state index contributed by atoms with van der Waals surface area (Å²) in [5, 5.41) is 3.08. The lowest BCUT2D eigenvalue weighted by atomic mass is 10.2. The molecule has 4 nitrogen and oxygen atoms in total. The van der Waals surface area contributed by atoms with E-state index in [1.54, 1.807) is 6.08 Å². The summed E-state index contributed by atoms with van der Waals surface area (Å²) in [6.45, 7) is 5.19. The Labute approximate surface area is 109 Å². The first-order valence-corrected chi connectivity index (χ1v) is 7.78. The molecule has 1 N–H and O–H groups in total. The smallest absolute Gasteiger partial charge is 0.148 e. The fraction of sp³-hybridized carbons (Fsp3) is 0.385. The van der Waals surface area contributed by atoms with Gasteiger partial charge >= 0.3 is 0 Å². The monoisotopic (exact) mass is 269 g/mol. The van der Waals surface area contributed by atoms with Crippen LogP contribution in [0.3, 0.4) is 0 Å². The summed E-state index contributed by atoms with van der Waals surface area (Å²) in [5.74, 6) is 0.961. The molecule has 0 saturated heterocycles. The highest BCUT2D eigenvalue weighted by molar-refractivity contribution is 7.90. The zero-order valence-electron chi connectivity index (χ0n) is 10.6. The lowest BCUT2D eigenvalue weighted by molar-refractivity contribution is 0.363. The van der Waals surface area contributed by atoms with Gasteiger partial charge in [-0.3, -0.25) is 0 Å². The van der Waals surface area contributed by atoms with E-state index < -0.39 is 9.84 Å². The molecule has 5 heteroatoms. The number of hydrogen-bond donors (Lipinski definition) is 1. The molecule has 0 aliphatic rings. The highest BCUT2D eigenvalue weighted by Gasteiger charge is 2.01. The maximum absolute atomic E-state index is 10.9. The number of sulfone groups is 1. The molecular formula is C13H19NO3S. The molecule has 0 atom stereocenters. The van der Waals surface area contributed by atoms with Crippen molar-refractivity contribution in [2.45, 2.75) is 6.54 Å². The highest BCUT2D eigenvalue weighted by atomic mass is 32.2. The summed E-state index contributed by atoms with van der Waals surface area (Å²) >= 11 is 0. The van der Waals surface area contributed by atoms with E-state index in [2.05, 4.69) is 11.9 Å². The minimum atomic E-state index is -2.89. The molecule has 0 unspecified atom stereocenters.